The zero-order valence-corrected chi connectivity index (χ0v) is 11.7. The molecule has 0 aliphatic heterocycles. The molecular weight excluding hydrogens is 236 g/mol. The van der Waals surface area contributed by atoms with E-state index in [9.17, 15) is 4.79 Å². The van der Waals surface area contributed by atoms with Crippen molar-refractivity contribution in [1.82, 2.24) is 14.7 Å². The first-order valence-corrected chi connectivity index (χ1v) is 6.98. The smallest absolute Gasteiger partial charge is 0.274 e. The second kappa shape index (κ2) is 5.95. The zero-order valence-electron chi connectivity index (χ0n) is 10.9. The lowest BCUT2D eigenvalue weighted by atomic mass is 10.2. The van der Waals surface area contributed by atoms with E-state index in [0.29, 0.717) is 17.9 Å². The maximum atomic E-state index is 12.2. The number of nitrogens with zero attached hydrogens (tertiary/aromatic N) is 3. The number of hydrogen-bond donors (Lipinski definition) is 1. The lowest BCUT2D eigenvalue weighted by molar-refractivity contribution is 0.0794. The maximum Gasteiger partial charge on any atom is 0.274 e. The molecule has 5 nitrogen and oxygen atoms in total. The van der Waals surface area contributed by atoms with Gasteiger partial charge in [0, 0.05) is 26.4 Å². The van der Waals surface area contributed by atoms with Gasteiger partial charge in [0.05, 0.1) is 11.4 Å². The molecule has 0 fully saturated rings. The Morgan fingerprint density at radius 3 is 2.71 bits per heavy atom. The summed E-state index contributed by atoms with van der Waals surface area (Å²) in [5.41, 5.74) is 7.73. The van der Waals surface area contributed by atoms with Crippen LogP contribution >= 0.6 is 11.8 Å². The van der Waals surface area contributed by atoms with Gasteiger partial charge >= 0.3 is 0 Å². The molecule has 0 radical (unpaired) electrons. The minimum Gasteiger partial charge on any atom is -0.395 e. The van der Waals surface area contributed by atoms with Crippen molar-refractivity contribution in [3.8, 4) is 0 Å². The van der Waals surface area contributed by atoms with Gasteiger partial charge in [-0.25, -0.2) is 0 Å². The molecule has 0 bridgehead atoms. The van der Waals surface area contributed by atoms with E-state index in [1.807, 2.05) is 13.2 Å². The summed E-state index contributed by atoms with van der Waals surface area (Å²) < 4.78 is 1.58. The quantitative estimate of drug-likeness (QED) is 0.853. The molecule has 0 aliphatic rings. The van der Waals surface area contributed by atoms with Gasteiger partial charge in [-0.3, -0.25) is 9.48 Å². The molecular formula is C11H20N4OS. The summed E-state index contributed by atoms with van der Waals surface area (Å²) in [6, 6.07) is 0. The second-order valence-corrected chi connectivity index (χ2v) is 4.89. The highest BCUT2D eigenvalue weighted by Crippen LogP contribution is 2.18. The Labute approximate surface area is 106 Å². The number of nitrogens with two attached hydrogens (primary N) is 1. The van der Waals surface area contributed by atoms with E-state index < -0.39 is 0 Å². The van der Waals surface area contributed by atoms with Gasteiger partial charge in [0.15, 0.2) is 0 Å². The fraction of sp³-hybridized carbons (Fsp3) is 0.636. The second-order valence-electron chi connectivity index (χ2n) is 3.91. The van der Waals surface area contributed by atoms with Crippen LogP contribution in [0.15, 0.2) is 0 Å². The fourth-order valence-electron chi connectivity index (χ4n) is 1.62. The van der Waals surface area contributed by atoms with Gasteiger partial charge in [-0.15, -0.1) is 0 Å². The molecule has 1 rings (SSSR count). The molecule has 0 spiro atoms. The summed E-state index contributed by atoms with van der Waals surface area (Å²) >= 11 is 1.71. The third-order valence-electron chi connectivity index (χ3n) is 2.68. The Kier molecular flexibility index (Phi) is 4.86. The van der Waals surface area contributed by atoms with Crippen LogP contribution in [0.5, 0.6) is 0 Å². The van der Waals surface area contributed by atoms with Gasteiger partial charge in [0.2, 0.25) is 0 Å². The third-order valence-corrected chi connectivity index (χ3v) is 3.27. The topological polar surface area (TPSA) is 64.2 Å². The summed E-state index contributed by atoms with van der Waals surface area (Å²) in [7, 11) is 3.54. The van der Waals surface area contributed by atoms with Crippen molar-refractivity contribution in [1.29, 1.82) is 0 Å². The average molecular weight is 256 g/mol. The Morgan fingerprint density at radius 2 is 2.24 bits per heavy atom. The van der Waals surface area contributed by atoms with Gasteiger partial charge in [-0.1, -0.05) is 6.92 Å². The first kappa shape index (κ1) is 13.9. The first-order chi connectivity index (χ1) is 8.02. The van der Waals surface area contributed by atoms with Crippen LogP contribution in [0.4, 0.5) is 5.69 Å². The minimum atomic E-state index is -0.0637. The minimum absolute atomic E-state index is 0.0637. The molecule has 0 atom stereocenters. The van der Waals surface area contributed by atoms with Gasteiger partial charge in [-0.2, -0.15) is 16.9 Å². The number of anilines is 1. The summed E-state index contributed by atoms with van der Waals surface area (Å²) in [6.07, 6.45) is 2.76. The Balaban J connectivity index is 2.92. The third kappa shape index (κ3) is 2.94. The molecule has 1 heterocycles. The average Bonchev–Trinajstić information content (AvgIpc) is 2.60. The zero-order chi connectivity index (χ0) is 13.0. The Morgan fingerprint density at radius 1 is 1.59 bits per heavy atom. The van der Waals surface area contributed by atoms with Crippen LogP contribution in [0.3, 0.4) is 0 Å². The van der Waals surface area contributed by atoms with Crippen LogP contribution in [0.1, 0.15) is 23.1 Å². The van der Waals surface area contributed by atoms with Gasteiger partial charge < -0.3 is 10.6 Å². The molecule has 1 aromatic heterocycles. The molecule has 0 aliphatic carbocycles. The summed E-state index contributed by atoms with van der Waals surface area (Å²) in [5.74, 6) is 0.854. The van der Waals surface area contributed by atoms with Gasteiger partial charge in [0.1, 0.15) is 5.69 Å². The molecule has 0 unspecified atom stereocenters. The SMILES string of the molecule is CCc1nn(C)c(C(=O)N(C)CCSC)c1N. The van der Waals surface area contributed by atoms with Gasteiger partial charge in [-0.05, 0) is 12.7 Å². The van der Waals surface area contributed by atoms with Crippen LogP contribution < -0.4 is 5.73 Å². The van der Waals surface area contributed by atoms with E-state index in [2.05, 4.69) is 5.10 Å². The molecule has 17 heavy (non-hydrogen) atoms. The van der Waals surface area contributed by atoms with Gasteiger partial charge in [0.25, 0.3) is 5.91 Å². The highest BCUT2D eigenvalue weighted by Gasteiger charge is 2.21. The number of aromatic nitrogens is 2. The molecule has 1 amide bonds. The predicted molar refractivity (Wildman–Crippen MR) is 72.3 cm³/mol. The molecule has 2 N–H and O–H groups in total. The van der Waals surface area contributed by atoms with Crippen molar-refractivity contribution < 1.29 is 4.79 Å². The van der Waals surface area contributed by atoms with Crippen LogP contribution in [-0.2, 0) is 13.5 Å². The van der Waals surface area contributed by atoms with E-state index in [4.69, 9.17) is 5.73 Å². The van der Waals surface area contributed by atoms with E-state index in [-0.39, 0.29) is 5.91 Å². The molecule has 0 saturated heterocycles. The van der Waals surface area contributed by atoms with Crippen LogP contribution in [0.25, 0.3) is 0 Å². The number of aryl methyl sites for hydroxylation is 2. The van der Waals surface area contributed by atoms with Crippen molar-refractivity contribution in [3.63, 3.8) is 0 Å². The maximum absolute atomic E-state index is 12.2. The molecule has 6 heteroatoms. The summed E-state index contributed by atoms with van der Waals surface area (Å²) in [6.45, 7) is 2.69. The van der Waals surface area contributed by atoms with Crippen molar-refractivity contribution in [2.75, 3.05) is 31.3 Å². The Hall–Kier alpha value is -1.17. The van der Waals surface area contributed by atoms with Crippen molar-refractivity contribution in [2.24, 2.45) is 7.05 Å². The predicted octanol–water partition coefficient (Wildman–Crippen LogP) is 1.000. The molecule has 0 saturated carbocycles. The number of carbonyl (C=O) groups is 1. The number of amides is 1. The van der Waals surface area contributed by atoms with Crippen LogP contribution in [-0.4, -0.2) is 46.2 Å². The molecule has 96 valence electrons. The van der Waals surface area contributed by atoms with Crippen molar-refractivity contribution in [2.45, 2.75) is 13.3 Å². The molecule has 0 aromatic carbocycles. The summed E-state index contributed by atoms with van der Waals surface area (Å²) in [5, 5.41) is 4.25. The van der Waals surface area contributed by atoms with E-state index >= 15 is 0 Å². The number of rotatable bonds is 5. The fourth-order valence-corrected chi connectivity index (χ4v) is 2.08. The monoisotopic (exact) mass is 256 g/mol. The molecule has 1 aromatic rings. The number of hydrogen-bond acceptors (Lipinski definition) is 4. The highest BCUT2D eigenvalue weighted by atomic mass is 32.2. The number of carbonyl (C=O) groups excluding carboxylic acids is 1. The normalized spacial score (nSPS) is 10.6. The first-order valence-electron chi connectivity index (χ1n) is 5.58. The highest BCUT2D eigenvalue weighted by molar-refractivity contribution is 7.98. The van der Waals surface area contributed by atoms with E-state index in [0.717, 1.165) is 17.9 Å². The van der Waals surface area contributed by atoms with Crippen molar-refractivity contribution in [3.05, 3.63) is 11.4 Å². The van der Waals surface area contributed by atoms with Crippen LogP contribution in [0, 0.1) is 0 Å². The van der Waals surface area contributed by atoms with E-state index in [1.165, 1.54) is 0 Å². The standard InChI is InChI=1S/C11H20N4OS/c1-5-8-9(12)10(15(3)13-8)11(16)14(2)6-7-17-4/h5-7,12H2,1-4H3. The number of nitrogen functional groups attached to an aromatic ring is 1. The number of thioether (sulfide) groups is 1. The Bertz CT molecular complexity index is 402. The summed E-state index contributed by atoms with van der Waals surface area (Å²) in [4.78, 5) is 13.9. The van der Waals surface area contributed by atoms with E-state index in [1.54, 1.807) is 35.4 Å². The lowest BCUT2D eigenvalue weighted by Crippen LogP contribution is -2.31. The lowest BCUT2D eigenvalue weighted by Gasteiger charge is -2.16. The van der Waals surface area contributed by atoms with Crippen LogP contribution in [0.2, 0.25) is 0 Å². The van der Waals surface area contributed by atoms with Crippen molar-refractivity contribution >= 4 is 23.4 Å². The largest absolute Gasteiger partial charge is 0.395 e.